The Morgan fingerprint density at radius 3 is 2.52 bits per heavy atom. The molecule has 2 rings (SSSR count). The molecule has 0 saturated carbocycles. The second kappa shape index (κ2) is 8.34. The van der Waals surface area contributed by atoms with Crippen molar-refractivity contribution in [1.29, 1.82) is 0 Å². The first-order valence-electron chi connectivity index (χ1n) is 7.09. The van der Waals surface area contributed by atoms with Gasteiger partial charge in [0.2, 0.25) is 5.88 Å². The van der Waals surface area contributed by atoms with Crippen molar-refractivity contribution in [3.63, 3.8) is 0 Å². The SMILES string of the molecule is CCNCc1cnc(Oc2ccc(CCOC)cc2)cn1. The van der Waals surface area contributed by atoms with Crippen LogP contribution in [0.4, 0.5) is 0 Å². The average Bonchev–Trinajstić information content (AvgIpc) is 2.53. The molecule has 5 heteroatoms. The Kier molecular flexibility index (Phi) is 6.12. The summed E-state index contributed by atoms with van der Waals surface area (Å²) in [5.74, 6) is 1.25. The maximum absolute atomic E-state index is 5.67. The molecule has 0 saturated heterocycles. The number of aromatic nitrogens is 2. The van der Waals surface area contributed by atoms with Crippen molar-refractivity contribution < 1.29 is 9.47 Å². The fourth-order valence-corrected chi connectivity index (χ4v) is 1.80. The third-order valence-corrected chi connectivity index (χ3v) is 2.98. The Bertz CT molecular complexity index is 477. The van der Waals surface area contributed by atoms with Crippen molar-refractivity contribution in [2.24, 2.45) is 0 Å². The van der Waals surface area contributed by atoms with Crippen molar-refractivity contribution in [2.75, 3.05) is 20.3 Å². The molecule has 0 amide bonds. The molecule has 1 heterocycles. The summed E-state index contributed by atoms with van der Waals surface area (Å²) in [6.45, 7) is 4.41. The van der Waals surface area contributed by atoms with Crippen LogP contribution in [-0.4, -0.2) is 30.2 Å². The van der Waals surface area contributed by atoms with Crippen LogP contribution in [0.5, 0.6) is 11.6 Å². The number of nitrogens with one attached hydrogen (secondary N) is 1. The van der Waals surface area contributed by atoms with Gasteiger partial charge < -0.3 is 14.8 Å². The minimum Gasteiger partial charge on any atom is -0.438 e. The minimum atomic E-state index is 0.500. The topological polar surface area (TPSA) is 56.3 Å². The van der Waals surface area contributed by atoms with Gasteiger partial charge in [0.15, 0.2) is 0 Å². The maximum atomic E-state index is 5.67. The zero-order valence-electron chi connectivity index (χ0n) is 12.5. The van der Waals surface area contributed by atoms with E-state index in [0.29, 0.717) is 5.88 Å². The van der Waals surface area contributed by atoms with Gasteiger partial charge in [0.1, 0.15) is 5.75 Å². The van der Waals surface area contributed by atoms with Gasteiger partial charge in [-0.3, -0.25) is 4.98 Å². The predicted molar refractivity (Wildman–Crippen MR) is 81.5 cm³/mol. The van der Waals surface area contributed by atoms with Gasteiger partial charge in [-0.2, -0.15) is 0 Å². The molecular weight excluding hydrogens is 266 g/mol. The van der Waals surface area contributed by atoms with Crippen molar-refractivity contribution in [3.05, 3.63) is 47.9 Å². The lowest BCUT2D eigenvalue weighted by molar-refractivity contribution is 0.202. The Morgan fingerprint density at radius 1 is 1.10 bits per heavy atom. The van der Waals surface area contributed by atoms with E-state index in [1.807, 2.05) is 24.3 Å². The minimum absolute atomic E-state index is 0.500. The molecule has 0 unspecified atom stereocenters. The van der Waals surface area contributed by atoms with E-state index in [-0.39, 0.29) is 0 Å². The lowest BCUT2D eigenvalue weighted by Crippen LogP contribution is -2.13. The number of ether oxygens (including phenoxy) is 2. The summed E-state index contributed by atoms with van der Waals surface area (Å²) in [5, 5.41) is 3.20. The number of benzene rings is 1. The Balaban J connectivity index is 1.91. The molecular formula is C16H21N3O2. The highest BCUT2D eigenvalue weighted by Gasteiger charge is 2.01. The first kappa shape index (κ1) is 15.4. The molecule has 0 aliphatic heterocycles. The van der Waals surface area contributed by atoms with Crippen LogP contribution in [0.3, 0.4) is 0 Å². The van der Waals surface area contributed by atoms with Crippen LogP contribution in [0.1, 0.15) is 18.2 Å². The Labute approximate surface area is 125 Å². The molecule has 1 N–H and O–H groups in total. The van der Waals surface area contributed by atoms with Gasteiger partial charge in [-0.15, -0.1) is 0 Å². The number of methoxy groups -OCH3 is 1. The Morgan fingerprint density at radius 2 is 1.90 bits per heavy atom. The van der Waals surface area contributed by atoms with E-state index in [1.165, 1.54) is 5.56 Å². The first-order valence-corrected chi connectivity index (χ1v) is 7.09. The molecule has 0 spiro atoms. The molecule has 1 aromatic carbocycles. The second-order valence-electron chi connectivity index (χ2n) is 4.62. The maximum Gasteiger partial charge on any atom is 0.237 e. The smallest absolute Gasteiger partial charge is 0.237 e. The van der Waals surface area contributed by atoms with Crippen LogP contribution in [0.15, 0.2) is 36.7 Å². The zero-order valence-corrected chi connectivity index (χ0v) is 12.5. The molecule has 21 heavy (non-hydrogen) atoms. The van der Waals surface area contributed by atoms with Gasteiger partial charge in [-0.1, -0.05) is 19.1 Å². The summed E-state index contributed by atoms with van der Waals surface area (Å²) in [4.78, 5) is 8.56. The third kappa shape index (κ3) is 5.13. The molecule has 0 atom stereocenters. The van der Waals surface area contributed by atoms with Crippen molar-refractivity contribution in [2.45, 2.75) is 19.9 Å². The van der Waals surface area contributed by atoms with Gasteiger partial charge >= 0.3 is 0 Å². The van der Waals surface area contributed by atoms with Gasteiger partial charge in [0.25, 0.3) is 0 Å². The fraction of sp³-hybridized carbons (Fsp3) is 0.375. The summed E-state index contributed by atoms with van der Waals surface area (Å²) in [7, 11) is 1.70. The van der Waals surface area contributed by atoms with E-state index >= 15 is 0 Å². The average molecular weight is 287 g/mol. The summed E-state index contributed by atoms with van der Waals surface area (Å²) >= 11 is 0. The summed E-state index contributed by atoms with van der Waals surface area (Å²) < 4.78 is 10.7. The second-order valence-corrected chi connectivity index (χ2v) is 4.62. The van der Waals surface area contributed by atoms with Crippen LogP contribution >= 0.6 is 0 Å². The summed E-state index contributed by atoms with van der Waals surface area (Å²) in [6.07, 6.45) is 4.27. The zero-order chi connectivity index (χ0) is 14.9. The molecule has 112 valence electrons. The van der Waals surface area contributed by atoms with E-state index in [1.54, 1.807) is 19.5 Å². The number of rotatable bonds is 8. The lowest BCUT2D eigenvalue weighted by Gasteiger charge is -2.06. The quantitative estimate of drug-likeness (QED) is 0.808. The lowest BCUT2D eigenvalue weighted by atomic mass is 10.1. The third-order valence-electron chi connectivity index (χ3n) is 2.98. The van der Waals surface area contributed by atoms with Crippen LogP contribution in [-0.2, 0) is 17.7 Å². The number of hydrogen-bond donors (Lipinski definition) is 1. The molecule has 5 nitrogen and oxygen atoms in total. The largest absolute Gasteiger partial charge is 0.438 e. The molecule has 1 aromatic heterocycles. The molecule has 0 aliphatic rings. The summed E-state index contributed by atoms with van der Waals surface area (Å²) in [5.41, 5.74) is 2.12. The number of nitrogens with zero attached hydrogens (tertiary/aromatic N) is 2. The first-order chi connectivity index (χ1) is 10.3. The molecule has 0 bridgehead atoms. The molecule has 2 aromatic rings. The normalized spacial score (nSPS) is 10.6. The van der Waals surface area contributed by atoms with Gasteiger partial charge in [0, 0.05) is 13.7 Å². The molecule has 0 aliphatic carbocycles. The summed E-state index contributed by atoms with van der Waals surface area (Å²) in [6, 6.07) is 7.92. The molecule has 0 radical (unpaired) electrons. The van der Waals surface area contributed by atoms with Crippen LogP contribution in [0, 0.1) is 0 Å². The van der Waals surface area contributed by atoms with E-state index < -0.39 is 0 Å². The number of hydrogen-bond acceptors (Lipinski definition) is 5. The van der Waals surface area contributed by atoms with Crippen molar-refractivity contribution in [1.82, 2.24) is 15.3 Å². The van der Waals surface area contributed by atoms with E-state index in [9.17, 15) is 0 Å². The monoisotopic (exact) mass is 287 g/mol. The van der Waals surface area contributed by atoms with Gasteiger partial charge in [-0.05, 0) is 30.7 Å². The van der Waals surface area contributed by atoms with Crippen LogP contribution < -0.4 is 10.1 Å². The highest BCUT2D eigenvalue weighted by atomic mass is 16.5. The van der Waals surface area contributed by atoms with Crippen LogP contribution in [0.2, 0.25) is 0 Å². The van der Waals surface area contributed by atoms with Crippen molar-refractivity contribution in [3.8, 4) is 11.6 Å². The van der Waals surface area contributed by atoms with Crippen LogP contribution in [0.25, 0.3) is 0 Å². The highest BCUT2D eigenvalue weighted by Crippen LogP contribution is 2.19. The van der Waals surface area contributed by atoms with E-state index in [4.69, 9.17) is 9.47 Å². The van der Waals surface area contributed by atoms with E-state index in [2.05, 4.69) is 22.2 Å². The van der Waals surface area contributed by atoms with Gasteiger partial charge in [-0.25, -0.2) is 4.98 Å². The van der Waals surface area contributed by atoms with Crippen molar-refractivity contribution >= 4 is 0 Å². The Hall–Kier alpha value is -1.98. The predicted octanol–water partition coefficient (Wildman–Crippen LogP) is 2.57. The fourth-order valence-electron chi connectivity index (χ4n) is 1.80. The van der Waals surface area contributed by atoms with Gasteiger partial charge in [0.05, 0.1) is 24.7 Å². The van der Waals surface area contributed by atoms with E-state index in [0.717, 1.165) is 37.6 Å². The highest BCUT2D eigenvalue weighted by molar-refractivity contribution is 5.30. The standard InChI is InChI=1S/C16H21N3O2/c1-3-17-10-14-11-19-16(12-18-14)21-15-6-4-13(5-7-15)8-9-20-2/h4-7,11-12,17H,3,8-10H2,1-2H3. The molecule has 0 fully saturated rings.